The summed E-state index contributed by atoms with van der Waals surface area (Å²) in [6.45, 7) is 5.60. The minimum atomic E-state index is -5.96. The zero-order chi connectivity index (χ0) is 59.0. The van der Waals surface area contributed by atoms with E-state index in [4.69, 9.17) is 28.4 Å². The van der Waals surface area contributed by atoms with Crippen LogP contribution in [0.1, 0.15) is 118 Å². The Kier molecular flexibility index (Phi) is 19.9. The van der Waals surface area contributed by atoms with Crippen LogP contribution in [0.5, 0.6) is 34.5 Å². The van der Waals surface area contributed by atoms with Gasteiger partial charge in [-0.15, -0.1) is 0 Å². The van der Waals surface area contributed by atoms with Gasteiger partial charge in [-0.05, 0) is 168 Å². The van der Waals surface area contributed by atoms with E-state index in [0.717, 1.165) is 96.5 Å². The van der Waals surface area contributed by atoms with Crippen molar-refractivity contribution < 1.29 is 73.9 Å². The maximum Gasteiger partial charge on any atom is 0.411 e. The predicted octanol–water partition coefficient (Wildman–Crippen LogP) is 17.2. The smallest absolute Gasteiger partial charge is 0.411 e. The lowest BCUT2D eigenvalue weighted by molar-refractivity contribution is -0.288. The lowest BCUT2D eigenvalue weighted by Gasteiger charge is -2.38. The Bertz CT molecular complexity index is 3180. The second-order valence-corrected chi connectivity index (χ2v) is 19.4. The molecule has 0 spiro atoms. The van der Waals surface area contributed by atoms with Gasteiger partial charge in [0.15, 0.2) is 0 Å². The van der Waals surface area contributed by atoms with Gasteiger partial charge in [0.1, 0.15) is 34.5 Å². The van der Waals surface area contributed by atoms with Gasteiger partial charge in [-0.1, -0.05) is 125 Å². The number of benzene rings is 8. The fraction of sp³-hybridized carbons (Fsp3) is 0.224. The van der Waals surface area contributed by atoms with Crippen molar-refractivity contribution in [1.82, 2.24) is 0 Å². The van der Waals surface area contributed by atoms with Crippen molar-refractivity contribution in [3.05, 3.63) is 228 Å². The van der Waals surface area contributed by atoms with Crippen molar-refractivity contribution in [1.29, 1.82) is 0 Å². The lowest BCUT2D eigenvalue weighted by atomic mass is 9.73. The fourth-order valence-corrected chi connectivity index (χ4v) is 9.03. The molecule has 0 fully saturated rings. The average Bonchev–Trinajstić information content (AvgIpc) is 2.18. The summed E-state index contributed by atoms with van der Waals surface area (Å²) >= 11 is 0. The van der Waals surface area contributed by atoms with E-state index in [1.54, 1.807) is 48.5 Å². The molecule has 16 heteroatoms. The minimum Gasteiger partial charge on any atom is -0.494 e. The quantitative estimate of drug-likeness (QED) is 0.0250. The van der Waals surface area contributed by atoms with Gasteiger partial charge in [0.25, 0.3) is 0 Å². The number of rotatable bonds is 24. The van der Waals surface area contributed by atoms with Crippen LogP contribution in [0.25, 0.3) is 22.3 Å². The van der Waals surface area contributed by atoms with Crippen molar-refractivity contribution in [2.24, 2.45) is 0 Å². The highest BCUT2D eigenvalue weighted by atomic mass is 19.4. The number of alkyl halides is 6. The Morgan fingerprint density at radius 3 is 0.783 bits per heavy atom. The highest BCUT2D eigenvalue weighted by Gasteiger charge is 2.72. The van der Waals surface area contributed by atoms with Crippen LogP contribution in [0.3, 0.4) is 0 Å². The molecule has 0 saturated carbocycles. The standard InChI is InChI=1S/C67H58F6O10/c1-3-5-7-9-43-78-55-31-19-47(20-32-55)45-11-15-49(16-12-45)61(74)80-57-35-23-51(24-36-57)63(76)82-59-39-27-53(28-40-59)65(66(68,69)70,67(71,72)73)54-29-41-60(42-30-54)83-64(77)52-25-37-58(38-26-52)81-62(75)50-17-13-46(14-18-50)48-21-33-56(34-22-48)79-44-10-8-6-4-2/h11-42H,3-10,43-44H2,1-2H3. The second-order valence-electron chi connectivity index (χ2n) is 19.4. The van der Waals surface area contributed by atoms with E-state index in [1.165, 1.54) is 61.4 Å². The molecule has 0 aromatic heterocycles. The van der Waals surface area contributed by atoms with Gasteiger partial charge >= 0.3 is 36.2 Å². The molecule has 8 aromatic rings. The van der Waals surface area contributed by atoms with Gasteiger partial charge in [0.05, 0.1) is 35.5 Å². The Morgan fingerprint density at radius 1 is 0.301 bits per heavy atom. The molecule has 0 aliphatic rings. The van der Waals surface area contributed by atoms with Crippen LogP contribution in [-0.4, -0.2) is 49.4 Å². The highest BCUT2D eigenvalue weighted by molar-refractivity contribution is 5.94. The first-order valence-corrected chi connectivity index (χ1v) is 27.1. The molecule has 0 unspecified atom stereocenters. The van der Waals surface area contributed by atoms with Crippen LogP contribution in [0.2, 0.25) is 0 Å². The van der Waals surface area contributed by atoms with Gasteiger partial charge in [0.2, 0.25) is 5.41 Å². The average molecular weight is 1140 g/mol. The summed E-state index contributed by atoms with van der Waals surface area (Å²) < 4.78 is 123. The Labute approximate surface area is 476 Å². The third-order valence-corrected chi connectivity index (χ3v) is 13.6. The first kappa shape index (κ1) is 59.9. The summed E-state index contributed by atoms with van der Waals surface area (Å²) in [6.07, 6.45) is -3.07. The molecule has 0 saturated heterocycles. The third-order valence-electron chi connectivity index (χ3n) is 13.6. The van der Waals surface area contributed by atoms with Crippen molar-refractivity contribution in [3.8, 4) is 56.8 Å². The Morgan fingerprint density at radius 2 is 0.530 bits per heavy atom. The number of unbranched alkanes of at least 4 members (excludes halogenated alkanes) is 6. The number of carbonyl (C=O) groups is 4. The number of esters is 4. The van der Waals surface area contributed by atoms with Gasteiger partial charge in [-0.2, -0.15) is 26.3 Å². The number of hydrogen-bond acceptors (Lipinski definition) is 10. The molecule has 0 atom stereocenters. The van der Waals surface area contributed by atoms with Gasteiger partial charge in [0, 0.05) is 0 Å². The van der Waals surface area contributed by atoms with Crippen LogP contribution in [-0.2, 0) is 5.41 Å². The molecule has 83 heavy (non-hydrogen) atoms. The molecule has 0 N–H and O–H groups in total. The van der Waals surface area contributed by atoms with Crippen LogP contribution in [0.4, 0.5) is 26.3 Å². The molecule has 8 aromatic carbocycles. The summed E-state index contributed by atoms with van der Waals surface area (Å²) in [5, 5.41) is 0. The summed E-state index contributed by atoms with van der Waals surface area (Å²) in [7, 11) is 0. The van der Waals surface area contributed by atoms with E-state index < -0.39 is 52.8 Å². The number of ether oxygens (including phenoxy) is 6. The van der Waals surface area contributed by atoms with E-state index in [1.807, 2.05) is 48.5 Å². The van der Waals surface area contributed by atoms with Crippen molar-refractivity contribution in [2.75, 3.05) is 13.2 Å². The fourth-order valence-electron chi connectivity index (χ4n) is 9.03. The molecular formula is C67H58F6O10. The Balaban J connectivity index is 0.840. The summed E-state index contributed by atoms with van der Waals surface area (Å²) in [4.78, 5) is 52.1. The zero-order valence-electron chi connectivity index (χ0n) is 45.4. The first-order chi connectivity index (χ1) is 39.9. The van der Waals surface area contributed by atoms with E-state index >= 15 is 26.3 Å². The number of hydrogen-bond donors (Lipinski definition) is 0. The summed E-state index contributed by atoms with van der Waals surface area (Å²) in [6, 6.07) is 44.5. The normalized spacial score (nSPS) is 11.6. The largest absolute Gasteiger partial charge is 0.494 e. The zero-order valence-corrected chi connectivity index (χ0v) is 45.4. The van der Waals surface area contributed by atoms with Crippen molar-refractivity contribution >= 4 is 23.9 Å². The lowest BCUT2D eigenvalue weighted by Crippen LogP contribution is -2.54. The Hall–Kier alpha value is -9.18. The summed E-state index contributed by atoms with van der Waals surface area (Å²) in [5.41, 5.74) is -3.13. The summed E-state index contributed by atoms with van der Waals surface area (Å²) in [5.74, 6) is -2.40. The molecule has 8 rings (SSSR count). The monoisotopic (exact) mass is 1140 g/mol. The molecular weight excluding hydrogens is 1080 g/mol. The number of carbonyl (C=O) groups excluding carboxylic acids is 4. The minimum absolute atomic E-state index is 0.0694. The molecule has 10 nitrogen and oxygen atoms in total. The van der Waals surface area contributed by atoms with Crippen LogP contribution in [0, 0.1) is 0 Å². The molecule has 0 radical (unpaired) electrons. The highest BCUT2D eigenvalue weighted by Crippen LogP contribution is 2.56. The van der Waals surface area contributed by atoms with E-state index in [9.17, 15) is 19.2 Å². The molecule has 0 aliphatic heterocycles. The van der Waals surface area contributed by atoms with Crippen LogP contribution < -0.4 is 28.4 Å². The molecule has 0 amide bonds. The van der Waals surface area contributed by atoms with Gasteiger partial charge in [-0.3, -0.25) is 0 Å². The second kappa shape index (κ2) is 27.5. The predicted molar refractivity (Wildman–Crippen MR) is 302 cm³/mol. The molecule has 428 valence electrons. The van der Waals surface area contributed by atoms with Crippen molar-refractivity contribution in [3.63, 3.8) is 0 Å². The van der Waals surface area contributed by atoms with Gasteiger partial charge in [-0.25, -0.2) is 19.2 Å². The molecule has 0 heterocycles. The van der Waals surface area contributed by atoms with E-state index in [0.29, 0.717) is 37.5 Å². The topological polar surface area (TPSA) is 124 Å². The third kappa shape index (κ3) is 15.2. The van der Waals surface area contributed by atoms with Crippen LogP contribution in [0.15, 0.2) is 194 Å². The SMILES string of the molecule is CCCCCCOc1ccc(-c2ccc(C(=O)Oc3ccc(C(=O)Oc4ccc(C(c5ccc(OC(=O)c6ccc(OC(=O)c7ccc(-c8ccc(OCCCCCC)cc8)cc7)cc6)cc5)(C(F)(F)F)C(F)(F)F)cc4)cc3)cc2)cc1. The maximum atomic E-state index is 15.1. The van der Waals surface area contributed by atoms with Crippen molar-refractivity contribution in [2.45, 2.75) is 83.0 Å². The maximum absolute atomic E-state index is 15.1. The first-order valence-electron chi connectivity index (χ1n) is 27.1. The van der Waals surface area contributed by atoms with E-state index in [2.05, 4.69) is 13.8 Å². The van der Waals surface area contributed by atoms with Gasteiger partial charge < -0.3 is 28.4 Å². The molecule has 0 bridgehead atoms. The number of halogens is 6. The van der Waals surface area contributed by atoms with E-state index in [-0.39, 0.29) is 45.3 Å². The van der Waals surface area contributed by atoms with Crippen LogP contribution >= 0.6 is 0 Å². The molecule has 0 aliphatic carbocycles.